The Labute approximate surface area is 117 Å². The van der Waals surface area contributed by atoms with Gasteiger partial charge in [0.2, 0.25) is 5.75 Å². The summed E-state index contributed by atoms with van der Waals surface area (Å²) in [6.07, 6.45) is 0.0609. The lowest BCUT2D eigenvalue weighted by atomic mass is 10.0. The summed E-state index contributed by atoms with van der Waals surface area (Å²) in [6, 6.07) is 3.20. The third kappa shape index (κ3) is 3.40. The van der Waals surface area contributed by atoms with Crippen molar-refractivity contribution in [2.75, 3.05) is 28.4 Å². The third-order valence-corrected chi connectivity index (χ3v) is 2.79. The van der Waals surface area contributed by atoms with Crippen molar-refractivity contribution in [2.45, 2.75) is 12.8 Å². The smallest absolute Gasteiger partial charge is 0.305 e. The molecule has 0 aliphatic rings. The van der Waals surface area contributed by atoms with Gasteiger partial charge >= 0.3 is 5.97 Å². The Morgan fingerprint density at radius 1 is 0.900 bits per heavy atom. The van der Waals surface area contributed by atoms with Gasteiger partial charge in [0.1, 0.15) is 0 Å². The van der Waals surface area contributed by atoms with Gasteiger partial charge in [0.25, 0.3) is 0 Å². The Hall–Kier alpha value is -2.24. The number of benzene rings is 1. The average molecular weight is 282 g/mol. The summed E-state index contributed by atoms with van der Waals surface area (Å²) in [4.78, 5) is 23.2. The summed E-state index contributed by atoms with van der Waals surface area (Å²) in [5, 5.41) is 0. The number of Topliss-reactive ketones (excluding diaryl/α,β-unsaturated/α-hetero) is 1. The number of methoxy groups -OCH3 is 4. The molecule has 0 aliphatic heterocycles. The van der Waals surface area contributed by atoms with E-state index in [2.05, 4.69) is 4.74 Å². The number of hydrogen-bond donors (Lipinski definition) is 0. The molecule has 0 aliphatic carbocycles. The van der Waals surface area contributed by atoms with Crippen LogP contribution in [0.1, 0.15) is 23.2 Å². The molecule has 0 radical (unpaired) electrons. The standard InChI is InChI=1S/C14H18O6/c1-17-11-7-5-9(13(19-3)14(11)20-4)10(15)6-8-12(16)18-2/h5,7H,6,8H2,1-4H3. The second kappa shape index (κ2) is 7.37. The molecular formula is C14H18O6. The van der Waals surface area contributed by atoms with Crippen LogP contribution in [0, 0.1) is 0 Å². The van der Waals surface area contributed by atoms with Crippen LogP contribution in [0.2, 0.25) is 0 Å². The van der Waals surface area contributed by atoms with Gasteiger partial charge in [0.15, 0.2) is 17.3 Å². The quantitative estimate of drug-likeness (QED) is 0.561. The number of hydrogen-bond acceptors (Lipinski definition) is 6. The van der Waals surface area contributed by atoms with E-state index in [1.165, 1.54) is 28.4 Å². The van der Waals surface area contributed by atoms with Gasteiger partial charge in [-0.2, -0.15) is 0 Å². The first-order valence-electron chi connectivity index (χ1n) is 5.98. The van der Waals surface area contributed by atoms with Crippen LogP contribution in [0.15, 0.2) is 12.1 Å². The van der Waals surface area contributed by atoms with E-state index in [9.17, 15) is 9.59 Å². The first-order chi connectivity index (χ1) is 9.58. The molecule has 20 heavy (non-hydrogen) atoms. The molecule has 0 spiro atoms. The van der Waals surface area contributed by atoms with E-state index in [4.69, 9.17) is 14.2 Å². The maximum Gasteiger partial charge on any atom is 0.305 e. The van der Waals surface area contributed by atoms with Gasteiger partial charge in [0.05, 0.1) is 40.4 Å². The van der Waals surface area contributed by atoms with E-state index in [1.807, 2.05) is 0 Å². The second-order valence-corrected chi connectivity index (χ2v) is 3.88. The summed E-state index contributed by atoms with van der Waals surface area (Å²) in [5.41, 5.74) is 0.342. The predicted molar refractivity (Wildman–Crippen MR) is 71.7 cm³/mol. The number of ether oxygens (including phenoxy) is 4. The minimum atomic E-state index is -0.433. The number of ketones is 1. The average Bonchev–Trinajstić information content (AvgIpc) is 2.50. The SMILES string of the molecule is COC(=O)CCC(=O)c1ccc(OC)c(OC)c1OC. The lowest BCUT2D eigenvalue weighted by Gasteiger charge is -2.14. The van der Waals surface area contributed by atoms with Crippen molar-refractivity contribution in [1.29, 1.82) is 0 Å². The molecule has 0 N–H and O–H groups in total. The van der Waals surface area contributed by atoms with Crippen LogP contribution in [0.5, 0.6) is 17.2 Å². The molecule has 0 bridgehead atoms. The minimum Gasteiger partial charge on any atom is -0.493 e. The second-order valence-electron chi connectivity index (χ2n) is 3.88. The molecule has 6 nitrogen and oxygen atoms in total. The highest BCUT2D eigenvalue weighted by Gasteiger charge is 2.21. The van der Waals surface area contributed by atoms with E-state index in [1.54, 1.807) is 12.1 Å². The van der Waals surface area contributed by atoms with Crippen molar-refractivity contribution in [2.24, 2.45) is 0 Å². The molecule has 0 aromatic heterocycles. The highest BCUT2D eigenvalue weighted by atomic mass is 16.5. The van der Waals surface area contributed by atoms with E-state index in [0.29, 0.717) is 22.8 Å². The van der Waals surface area contributed by atoms with Crippen molar-refractivity contribution in [1.82, 2.24) is 0 Å². The van der Waals surface area contributed by atoms with Crippen LogP contribution in [0.3, 0.4) is 0 Å². The van der Waals surface area contributed by atoms with E-state index in [-0.39, 0.29) is 18.6 Å². The highest BCUT2D eigenvalue weighted by Crippen LogP contribution is 2.40. The summed E-state index contributed by atoms with van der Waals surface area (Å²) >= 11 is 0. The summed E-state index contributed by atoms with van der Waals surface area (Å²) < 4.78 is 20.1. The maximum atomic E-state index is 12.1. The largest absolute Gasteiger partial charge is 0.493 e. The zero-order valence-corrected chi connectivity index (χ0v) is 12.0. The van der Waals surface area contributed by atoms with Crippen molar-refractivity contribution >= 4 is 11.8 Å². The topological polar surface area (TPSA) is 71.1 Å². The normalized spacial score (nSPS) is 9.80. The lowest BCUT2D eigenvalue weighted by molar-refractivity contribution is -0.140. The molecule has 1 aromatic rings. The molecule has 0 amide bonds. The Balaban J connectivity index is 3.05. The Kier molecular flexibility index (Phi) is 5.83. The van der Waals surface area contributed by atoms with Gasteiger partial charge < -0.3 is 18.9 Å². The number of rotatable bonds is 7. The fourth-order valence-electron chi connectivity index (χ4n) is 1.77. The van der Waals surface area contributed by atoms with Crippen molar-refractivity contribution < 1.29 is 28.5 Å². The van der Waals surface area contributed by atoms with E-state index in [0.717, 1.165) is 0 Å². The Morgan fingerprint density at radius 3 is 2.05 bits per heavy atom. The van der Waals surface area contributed by atoms with E-state index >= 15 is 0 Å². The zero-order chi connectivity index (χ0) is 15.1. The van der Waals surface area contributed by atoms with Gasteiger partial charge in [-0.3, -0.25) is 9.59 Å². The van der Waals surface area contributed by atoms with Gasteiger partial charge in [-0.05, 0) is 12.1 Å². The van der Waals surface area contributed by atoms with Crippen LogP contribution < -0.4 is 14.2 Å². The van der Waals surface area contributed by atoms with E-state index < -0.39 is 5.97 Å². The summed E-state index contributed by atoms with van der Waals surface area (Å²) in [6.45, 7) is 0. The Morgan fingerprint density at radius 2 is 1.55 bits per heavy atom. The number of carbonyl (C=O) groups is 2. The maximum absolute atomic E-state index is 12.1. The molecule has 1 rings (SSSR count). The molecule has 6 heteroatoms. The number of carbonyl (C=O) groups excluding carboxylic acids is 2. The first-order valence-corrected chi connectivity index (χ1v) is 5.98. The highest BCUT2D eigenvalue weighted by molar-refractivity contribution is 6.01. The molecule has 0 unspecified atom stereocenters. The first kappa shape index (κ1) is 15.8. The van der Waals surface area contributed by atoms with Gasteiger partial charge in [-0.25, -0.2) is 0 Å². The van der Waals surface area contributed by atoms with Crippen LogP contribution in [0.4, 0.5) is 0 Å². The van der Waals surface area contributed by atoms with Crippen molar-refractivity contribution in [3.8, 4) is 17.2 Å². The molecule has 0 heterocycles. The minimum absolute atomic E-state index is 0.0207. The monoisotopic (exact) mass is 282 g/mol. The van der Waals surface area contributed by atoms with Crippen LogP contribution in [0.25, 0.3) is 0 Å². The van der Waals surface area contributed by atoms with Gasteiger partial charge in [-0.1, -0.05) is 0 Å². The summed E-state index contributed by atoms with van der Waals surface area (Å²) in [7, 11) is 5.68. The molecule has 110 valence electrons. The van der Waals surface area contributed by atoms with Crippen molar-refractivity contribution in [3.05, 3.63) is 17.7 Å². The zero-order valence-electron chi connectivity index (χ0n) is 12.0. The molecule has 0 atom stereocenters. The molecule has 0 saturated heterocycles. The predicted octanol–water partition coefficient (Wildman–Crippen LogP) is 1.85. The van der Waals surface area contributed by atoms with Crippen LogP contribution in [-0.4, -0.2) is 40.2 Å². The third-order valence-electron chi connectivity index (χ3n) is 2.79. The molecule has 0 saturated carbocycles. The van der Waals surface area contributed by atoms with Crippen molar-refractivity contribution in [3.63, 3.8) is 0 Å². The van der Waals surface area contributed by atoms with Gasteiger partial charge in [-0.15, -0.1) is 0 Å². The van der Waals surface area contributed by atoms with Crippen LogP contribution >= 0.6 is 0 Å². The molecule has 1 aromatic carbocycles. The molecular weight excluding hydrogens is 264 g/mol. The molecule has 0 fully saturated rings. The number of esters is 1. The fourth-order valence-corrected chi connectivity index (χ4v) is 1.77. The van der Waals surface area contributed by atoms with Crippen LogP contribution in [-0.2, 0) is 9.53 Å². The summed E-state index contributed by atoms with van der Waals surface area (Å²) in [5.74, 6) is 0.445. The Bertz CT molecular complexity index is 495. The fraction of sp³-hybridized carbons (Fsp3) is 0.429. The lowest BCUT2D eigenvalue weighted by Crippen LogP contribution is -2.08. The van der Waals surface area contributed by atoms with Gasteiger partial charge in [0, 0.05) is 6.42 Å².